The zero-order chi connectivity index (χ0) is 12.4. The Morgan fingerprint density at radius 2 is 1.65 bits per heavy atom. The smallest absolute Gasteiger partial charge is 0.150 e. The fraction of sp³-hybridized carbons (Fsp3) is 0.417. The minimum absolute atomic E-state index is 0.0244. The van der Waals surface area contributed by atoms with Gasteiger partial charge in [-0.05, 0) is 19.2 Å². The van der Waals surface area contributed by atoms with Gasteiger partial charge in [0.15, 0.2) is 0 Å². The van der Waals surface area contributed by atoms with Crippen molar-refractivity contribution < 1.29 is 13.6 Å². The van der Waals surface area contributed by atoms with Gasteiger partial charge in [0, 0.05) is 31.7 Å². The van der Waals surface area contributed by atoms with Crippen molar-refractivity contribution in [3.8, 4) is 0 Å². The number of piperazine rings is 1. The van der Waals surface area contributed by atoms with Gasteiger partial charge in [0.25, 0.3) is 0 Å². The molecule has 1 saturated heterocycles. The minimum Gasteiger partial charge on any atom is -0.364 e. The van der Waals surface area contributed by atoms with Crippen molar-refractivity contribution in [3.05, 3.63) is 29.3 Å². The first-order valence-corrected chi connectivity index (χ1v) is 5.49. The summed E-state index contributed by atoms with van der Waals surface area (Å²) in [7, 11) is 1.97. The number of carbonyl (C=O) groups is 1. The molecular formula is C12H14F2N2O. The Balaban J connectivity index is 2.29. The van der Waals surface area contributed by atoms with Crippen LogP contribution in [0.5, 0.6) is 0 Å². The first-order valence-electron chi connectivity index (χ1n) is 5.49. The lowest BCUT2D eigenvalue weighted by Crippen LogP contribution is -2.45. The van der Waals surface area contributed by atoms with E-state index >= 15 is 0 Å². The summed E-state index contributed by atoms with van der Waals surface area (Å²) in [5.41, 5.74) is 0.00146. The Kier molecular flexibility index (Phi) is 3.38. The second-order valence-electron chi connectivity index (χ2n) is 4.24. The maximum absolute atomic E-state index is 13.7. The highest BCUT2D eigenvalue weighted by atomic mass is 19.1. The van der Waals surface area contributed by atoms with E-state index in [0.29, 0.717) is 19.4 Å². The molecular weight excluding hydrogens is 226 g/mol. The number of halogens is 2. The molecule has 92 valence electrons. The highest BCUT2D eigenvalue weighted by Crippen LogP contribution is 2.25. The number of benzene rings is 1. The largest absolute Gasteiger partial charge is 0.364 e. The Bertz CT molecular complexity index is 406. The number of nitrogens with zero attached hydrogens (tertiary/aromatic N) is 2. The van der Waals surface area contributed by atoms with Crippen LogP contribution in [0.25, 0.3) is 0 Å². The third-order valence-corrected chi connectivity index (χ3v) is 2.99. The molecule has 0 spiro atoms. The van der Waals surface area contributed by atoms with E-state index in [4.69, 9.17) is 0 Å². The van der Waals surface area contributed by atoms with Crippen molar-refractivity contribution in [1.82, 2.24) is 4.90 Å². The van der Waals surface area contributed by atoms with E-state index < -0.39 is 11.6 Å². The Hall–Kier alpha value is -1.49. The zero-order valence-electron chi connectivity index (χ0n) is 9.62. The van der Waals surface area contributed by atoms with Crippen molar-refractivity contribution in [1.29, 1.82) is 0 Å². The molecule has 1 aliphatic rings. The van der Waals surface area contributed by atoms with Gasteiger partial charge < -0.3 is 9.80 Å². The summed E-state index contributed by atoms with van der Waals surface area (Å²) >= 11 is 0. The maximum Gasteiger partial charge on any atom is 0.150 e. The first kappa shape index (κ1) is 12.0. The van der Waals surface area contributed by atoms with Crippen molar-refractivity contribution in [3.63, 3.8) is 0 Å². The molecule has 0 N–H and O–H groups in total. The van der Waals surface area contributed by atoms with Gasteiger partial charge in [0.1, 0.15) is 23.6 Å². The Morgan fingerprint density at radius 3 is 2.12 bits per heavy atom. The summed E-state index contributed by atoms with van der Waals surface area (Å²) < 4.78 is 27.5. The first-order chi connectivity index (χ1) is 8.11. The third-order valence-electron chi connectivity index (χ3n) is 2.99. The van der Waals surface area contributed by atoms with Gasteiger partial charge in [0.05, 0.1) is 0 Å². The van der Waals surface area contributed by atoms with Crippen LogP contribution in [0.3, 0.4) is 0 Å². The van der Waals surface area contributed by atoms with Crippen LogP contribution in [0, 0.1) is 11.6 Å². The molecule has 0 unspecified atom stereocenters. The summed E-state index contributed by atoms with van der Waals surface area (Å²) in [6.45, 7) is 2.72. The van der Waals surface area contributed by atoms with Crippen LogP contribution in [0.15, 0.2) is 12.1 Å². The summed E-state index contributed by atoms with van der Waals surface area (Å²) in [6.07, 6.45) is 0.444. The molecule has 5 heteroatoms. The molecule has 0 aromatic heterocycles. The second kappa shape index (κ2) is 4.79. The Labute approximate surface area is 98.6 Å². The van der Waals surface area contributed by atoms with Crippen LogP contribution >= 0.6 is 0 Å². The summed E-state index contributed by atoms with van der Waals surface area (Å²) in [5.74, 6) is -1.34. The van der Waals surface area contributed by atoms with Crippen molar-refractivity contribution >= 4 is 12.0 Å². The molecule has 1 aliphatic heterocycles. The molecule has 0 radical (unpaired) electrons. The molecule has 0 atom stereocenters. The predicted molar refractivity (Wildman–Crippen MR) is 61.5 cm³/mol. The number of likely N-dealkylation sites (N-methyl/N-ethyl adjacent to an activating group) is 1. The summed E-state index contributed by atoms with van der Waals surface area (Å²) in [6, 6.07) is 2.15. The monoisotopic (exact) mass is 240 g/mol. The predicted octanol–water partition coefficient (Wildman–Crippen LogP) is 1.53. The van der Waals surface area contributed by atoms with Crippen LogP contribution in [0.2, 0.25) is 0 Å². The molecule has 0 aliphatic carbocycles. The van der Waals surface area contributed by atoms with Crippen LogP contribution in [-0.2, 0) is 0 Å². The van der Waals surface area contributed by atoms with E-state index in [1.54, 1.807) is 4.90 Å². The van der Waals surface area contributed by atoms with Crippen LogP contribution < -0.4 is 4.90 Å². The maximum atomic E-state index is 13.7. The van der Waals surface area contributed by atoms with Crippen molar-refractivity contribution in [2.24, 2.45) is 0 Å². The number of aldehydes is 1. The quantitative estimate of drug-likeness (QED) is 0.732. The Morgan fingerprint density at radius 1 is 1.12 bits per heavy atom. The number of hydrogen-bond acceptors (Lipinski definition) is 3. The molecule has 1 fully saturated rings. The van der Waals surface area contributed by atoms with E-state index in [0.717, 1.165) is 25.2 Å². The average Bonchev–Trinajstić information content (AvgIpc) is 2.30. The van der Waals surface area contributed by atoms with Crippen LogP contribution in [-0.4, -0.2) is 44.4 Å². The molecule has 0 amide bonds. The molecule has 3 nitrogen and oxygen atoms in total. The van der Waals surface area contributed by atoms with Crippen molar-refractivity contribution in [2.45, 2.75) is 0 Å². The lowest BCUT2D eigenvalue weighted by Gasteiger charge is -2.34. The standard InChI is InChI=1S/C12H14F2N2O/c1-15-2-4-16(5-3-15)12-10(13)6-9(8-17)7-11(12)14/h6-8H,2-5H2,1H3. The highest BCUT2D eigenvalue weighted by Gasteiger charge is 2.21. The molecule has 1 heterocycles. The van der Waals surface area contributed by atoms with Gasteiger partial charge >= 0.3 is 0 Å². The van der Waals surface area contributed by atoms with E-state index in [-0.39, 0.29) is 11.3 Å². The SMILES string of the molecule is CN1CCN(c2c(F)cc(C=O)cc2F)CC1. The fourth-order valence-electron chi connectivity index (χ4n) is 1.99. The summed E-state index contributed by atoms with van der Waals surface area (Å²) in [5, 5.41) is 0. The minimum atomic E-state index is -0.670. The number of anilines is 1. The van der Waals surface area contributed by atoms with E-state index in [1.807, 2.05) is 7.05 Å². The molecule has 0 saturated carbocycles. The molecule has 1 aromatic carbocycles. The number of hydrogen-bond donors (Lipinski definition) is 0. The van der Waals surface area contributed by atoms with E-state index in [1.165, 1.54) is 0 Å². The average molecular weight is 240 g/mol. The van der Waals surface area contributed by atoms with Crippen LogP contribution in [0.4, 0.5) is 14.5 Å². The van der Waals surface area contributed by atoms with Crippen LogP contribution in [0.1, 0.15) is 10.4 Å². The normalized spacial score (nSPS) is 17.2. The van der Waals surface area contributed by atoms with Gasteiger partial charge in [0.2, 0.25) is 0 Å². The molecule has 1 aromatic rings. The van der Waals surface area contributed by atoms with Gasteiger partial charge in [-0.2, -0.15) is 0 Å². The number of rotatable bonds is 2. The van der Waals surface area contributed by atoms with Crippen molar-refractivity contribution in [2.75, 3.05) is 38.1 Å². The topological polar surface area (TPSA) is 23.6 Å². The van der Waals surface area contributed by atoms with E-state index in [9.17, 15) is 13.6 Å². The fourth-order valence-corrected chi connectivity index (χ4v) is 1.99. The highest BCUT2D eigenvalue weighted by molar-refractivity contribution is 5.76. The van der Waals surface area contributed by atoms with Gasteiger partial charge in [-0.1, -0.05) is 0 Å². The van der Waals surface area contributed by atoms with E-state index in [2.05, 4.69) is 4.90 Å². The van der Waals surface area contributed by atoms with Gasteiger partial charge in [-0.15, -0.1) is 0 Å². The zero-order valence-corrected chi connectivity index (χ0v) is 9.62. The lowest BCUT2D eigenvalue weighted by atomic mass is 10.1. The van der Waals surface area contributed by atoms with Gasteiger partial charge in [-0.3, -0.25) is 4.79 Å². The summed E-state index contributed by atoms with van der Waals surface area (Å²) in [4.78, 5) is 14.3. The number of carbonyl (C=O) groups excluding carboxylic acids is 1. The van der Waals surface area contributed by atoms with Gasteiger partial charge in [-0.25, -0.2) is 8.78 Å². The molecule has 2 rings (SSSR count). The third kappa shape index (κ3) is 2.44. The molecule has 17 heavy (non-hydrogen) atoms. The second-order valence-corrected chi connectivity index (χ2v) is 4.24. The molecule has 0 bridgehead atoms. The lowest BCUT2D eigenvalue weighted by molar-refractivity contribution is 0.112.